The van der Waals surface area contributed by atoms with Crippen LogP contribution in [0.1, 0.15) is 68.9 Å². The van der Waals surface area contributed by atoms with Crippen LogP contribution in [0.25, 0.3) is 22.3 Å². The van der Waals surface area contributed by atoms with Crippen LogP contribution in [0.5, 0.6) is 11.5 Å². The van der Waals surface area contributed by atoms with E-state index in [0.29, 0.717) is 0 Å². The van der Waals surface area contributed by atoms with Crippen LogP contribution in [0.2, 0.25) is 0 Å². The Morgan fingerprint density at radius 2 is 0.905 bits per heavy atom. The van der Waals surface area contributed by atoms with Crippen LogP contribution in [-0.2, 0) is 5.41 Å². The molecule has 1 aliphatic carbocycles. The Kier molecular flexibility index (Phi) is 10.7. The molecule has 4 aromatic rings. The summed E-state index contributed by atoms with van der Waals surface area (Å²) < 4.78 is 12.1. The number of aliphatic hydroxyl groups excluding tert-OH is 2. The van der Waals surface area contributed by atoms with Crippen LogP contribution in [0, 0.1) is 0 Å². The topological polar surface area (TPSA) is 58.9 Å². The molecule has 0 radical (unpaired) electrons. The molecule has 0 spiro atoms. The monoisotopic (exact) mass is 564 g/mol. The van der Waals surface area contributed by atoms with E-state index in [4.69, 9.17) is 9.47 Å². The van der Waals surface area contributed by atoms with Crippen molar-refractivity contribution >= 4 is 0 Å². The highest BCUT2D eigenvalue weighted by molar-refractivity contribution is 5.74. The molecule has 1 fully saturated rings. The second-order valence-corrected chi connectivity index (χ2v) is 11.4. The number of aliphatic hydroxyl groups is 2. The van der Waals surface area contributed by atoms with Crippen molar-refractivity contribution in [2.24, 2.45) is 0 Å². The maximum atomic E-state index is 9.49. The van der Waals surface area contributed by atoms with Crippen LogP contribution < -0.4 is 9.47 Å². The molecule has 1 saturated carbocycles. The van der Waals surface area contributed by atoms with Gasteiger partial charge in [0.15, 0.2) is 0 Å². The zero-order valence-electron chi connectivity index (χ0n) is 24.6. The molecule has 0 heterocycles. The fourth-order valence-corrected chi connectivity index (χ4v) is 6.51. The summed E-state index contributed by atoms with van der Waals surface area (Å²) >= 11 is 0. The molecule has 4 aromatic carbocycles. The Bertz CT molecular complexity index is 1280. The van der Waals surface area contributed by atoms with Gasteiger partial charge in [0.25, 0.3) is 0 Å². The molecule has 0 bridgehead atoms. The predicted octanol–water partition coefficient (Wildman–Crippen LogP) is 8.57. The van der Waals surface area contributed by atoms with Crippen LogP contribution >= 0.6 is 0 Å². The van der Waals surface area contributed by atoms with Crippen molar-refractivity contribution in [2.75, 3.05) is 26.4 Å². The van der Waals surface area contributed by atoms with Crippen molar-refractivity contribution in [3.05, 3.63) is 108 Å². The normalized spacial score (nSPS) is 15.6. The zero-order chi connectivity index (χ0) is 29.0. The fraction of sp³-hybridized carbons (Fsp3) is 0.368. The predicted molar refractivity (Wildman–Crippen MR) is 171 cm³/mol. The van der Waals surface area contributed by atoms with E-state index in [1.807, 2.05) is 12.1 Å². The first-order valence-electron chi connectivity index (χ1n) is 15.6. The lowest BCUT2D eigenvalue weighted by Crippen LogP contribution is -2.29. The summed E-state index contributed by atoms with van der Waals surface area (Å²) in [5.74, 6) is 1.60. The smallest absolute Gasteiger partial charge is 0.127 e. The van der Waals surface area contributed by atoms with Gasteiger partial charge in [-0.1, -0.05) is 118 Å². The summed E-state index contributed by atoms with van der Waals surface area (Å²) in [7, 11) is 0. The van der Waals surface area contributed by atoms with Gasteiger partial charge in [0.2, 0.25) is 0 Å². The van der Waals surface area contributed by atoms with Gasteiger partial charge in [-0.3, -0.25) is 0 Å². The molecule has 1 aliphatic rings. The van der Waals surface area contributed by atoms with Crippen LogP contribution in [0.15, 0.2) is 97.1 Å². The molecule has 0 unspecified atom stereocenters. The number of benzene rings is 4. The van der Waals surface area contributed by atoms with E-state index in [-0.39, 0.29) is 31.8 Å². The van der Waals surface area contributed by atoms with Gasteiger partial charge in [-0.2, -0.15) is 0 Å². The molecule has 0 aromatic heterocycles. The van der Waals surface area contributed by atoms with Gasteiger partial charge in [-0.05, 0) is 59.4 Å². The number of hydrogen-bond acceptors (Lipinski definition) is 4. The summed E-state index contributed by atoms with van der Waals surface area (Å²) in [6, 6.07) is 34.2. The van der Waals surface area contributed by atoms with Crippen LogP contribution in [0.4, 0.5) is 0 Å². The first-order valence-corrected chi connectivity index (χ1v) is 15.6. The van der Waals surface area contributed by atoms with Crippen molar-refractivity contribution < 1.29 is 19.7 Å². The van der Waals surface area contributed by atoms with Gasteiger partial charge < -0.3 is 19.7 Å². The maximum absolute atomic E-state index is 9.49. The molecule has 0 amide bonds. The summed E-state index contributed by atoms with van der Waals surface area (Å²) in [6.07, 6.45) is 10.9. The lowest BCUT2D eigenvalue weighted by molar-refractivity contribution is 0.201. The first kappa shape index (κ1) is 29.9. The van der Waals surface area contributed by atoms with Gasteiger partial charge in [0.1, 0.15) is 24.7 Å². The molecule has 220 valence electrons. The first-order chi connectivity index (χ1) is 20.7. The van der Waals surface area contributed by atoms with Crippen LogP contribution in [-0.4, -0.2) is 36.6 Å². The number of hydrogen-bond donors (Lipinski definition) is 2. The quantitative estimate of drug-likeness (QED) is 0.203. The number of ether oxygens (including phenoxy) is 2. The molecular formula is C38H44O4. The average Bonchev–Trinajstić information content (AvgIpc) is 3.06. The summed E-state index contributed by atoms with van der Waals surface area (Å²) in [4.78, 5) is 0. The standard InChI is InChI=1S/C38H44O4/c39-24-26-41-36-20-18-32(28-34(36)30-14-8-6-9-15-30)38(22-12-4-2-1-3-5-13-23-38)33-19-21-37(42-27-25-40)35(29-33)31-16-10-7-11-17-31/h6-11,14-21,28-29,39-40H,1-5,12-13,22-27H2. The highest BCUT2D eigenvalue weighted by Crippen LogP contribution is 2.47. The Labute approximate surface area is 251 Å². The molecule has 5 rings (SSSR count). The second-order valence-electron chi connectivity index (χ2n) is 11.4. The second kappa shape index (κ2) is 15.0. The van der Waals surface area contributed by atoms with E-state index in [1.165, 1.54) is 56.1 Å². The summed E-state index contributed by atoms with van der Waals surface area (Å²) in [5.41, 5.74) is 6.78. The molecule has 4 nitrogen and oxygen atoms in total. The van der Waals surface area contributed by atoms with Crippen molar-refractivity contribution in [1.82, 2.24) is 0 Å². The number of rotatable bonds is 10. The lowest BCUT2D eigenvalue weighted by atomic mass is 9.66. The lowest BCUT2D eigenvalue weighted by Gasteiger charge is -2.37. The van der Waals surface area contributed by atoms with E-state index < -0.39 is 0 Å². The molecule has 0 atom stereocenters. The Hall–Kier alpha value is -3.60. The van der Waals surface area contributed by atoms with Crippen molar-refractivity contribution in [3.63, 3.8) is 0 Å². The minimum Gasteiger partial charge on any atom is -0.491 e. The van der Waals surface area contributed by atoms with Crippen molar-refractivity contribution in [3.8, 4) is 33.8 Å². The van der Waals surface area contributed by atoms with E-state index >= 15 is 0 Å². The minimum atomic E-state index is -0.171. The van der Waals surface area contributed by atoms with Gasteiger partial charge in [-0.25, -0.2) is 0 Å². The maximum Gasteiger partial charge on any atom is 0.127 e. The highest BCUT2D eigenvalue weighted by Gasteiger charge is 2.35. The fourth-order valence-electron chi connectivity index (χ4n) is 6.51. The van der Waals surface area contributed by atoms with Gasteiger partial charge in [0.05, 0.1) is 13.2 Å². The van der Waals surface area contributed by atoms with E-state index in [9.17, 15) is 10.2 Å². The third-order valence-corrected chi connectivity index (χ3v) is 8.64. The molecule has 0 saturated heterocycles. The zero-order valence-corrected chi connectivity index (χ0v) is 24.6. The summed E-state index contributed by atoms with van der Waals surface area (Å²) in [6.45, 7) is 0.486. The third-order valence-electron chi connectivity index (χ3n) is 8.64. The largest absolute Gasteiger partial charge is 0.491 e. The molecule has 42 heavy (non-hydrogen) atoms. The average molecular weight is 565 g/mol. The highest BCUT2D eigenvalue weighted by atomic mass is 16.5. The SMILES string of the molecule is OCCOc1ccc(C2(c3ccc(OCCO)c(-c4ccccc4)c3)CCCCCCCCC2)cc1-c1ccccc1. The van der Waals surface area contributed by atoms with Crippen molar-refractivity contribution in [2.45, 2.75) is 63.2 Å². The molecule has 2 N–H and O–H groups in total. The minimum absolute atomic E-state index is 0.0210. The molecular weight excluding hydrogens is 520 g/mol. The Morgan fingerprint density at radius 3 is 1.31 bits per heavy atom. The van der Waals surface area contributed by atoms with Crippen molar-refractivity contribution in [1.29, 1.82) is 0 Å². The van der Waals surface area contributed by atoms with Gasteiger partial charge >= 0.3 is 0 Å². The van der Waals surface area contributed by atoms with Gasteiger partial charge in [-0.15, -0.1) is 0 Å². The Morgan fingerprint density at radius 1 is 0.500 bits per heavy atom. The Balaban J connectivity index is 1.69. The third kappa shape index (κ3) is 7.06. The molecule has 0 aliphatic heterocycles. The van der Waals surface area contributed by atoms with E-state index in [0.717, 1.165) is 46.6 Å². The van der Waals surface area contributed by atoms with Gasteiger partial charge in [0, 0.05) is 16.5 Å². The molecule has 4 heteroatoms. The van der Waals surface area contributed by atoms with E-state index in [1.54, 1.807) is 0 Å². The van der Waals surface area contributed by atoms with E-state index in [2.05, 4.69) is 84.9 Å². The summed E-state index contributed by atoms with van der Waals surface area (Å²) in [5, 5.41) is 19.0. The van der Waals surface area contributed by atoms with Crippen LogP contribution in [0.3, 0.4) is 0 Å².